The Morgan fingerprint density at radius 3 is 0.200 bits per heavy atom. The molecule has 80 valence electrons. The lowest BCUT2D eigenvalue weighted by Crippen LogP contribution is -0.290. The van der Waals surface area contributed by atoms with E-state index >= 15 is 0 Å². The van der Waals surface area contributed by atoms with E-state index in [1.54, 1.807) is 0 Å². The number of halogens is 1. The van der Waals surface area contributed by atoms with Gasteiger partial charge in [0.1, 0.15) is 0 Å². The predicted molar refractivity (Wildman–Crippen MR) is 42.8 cm³/mol. The van der Waals surface area contributed by atoms with Crippen molar-refractivity contribution in [3.63, 3.8) is 0 Å². The predicted octanol–water partition coefficient (Wildman–Crippen LogP) is -6.84. The molecule has 0 amide bonds. The van der Waals surface area contributed by atoms with Crippen LogP contribution in [0.3, 0.4) is 0 Å². The maximum Gasteiger partial charge on any atom is -0.114 e. The molecule has 0 aromatic heterocycles. The zero-order chi connectivity index (χ0) is 0. The molecule has 0 fully saturated rings. The van der Waals surface area contributed by atoms with Crippen LogP contribution in [0.15, 0.2) is 0 Å². The summed E-state index contributed by atoms with van der Waals surface area (Å²) in [6.07, 6.45) is 0. The molecule has 10 heteroatoms. The summed E-state index contributed by atoms with van der Waals surface area (Å²) in [7, 11) is 0. The molecule has 0 aliphatic carbocycles. The second-order valence-electron chi connectivity index (χ2n) is 0. The fourth-order valence-corrected chi connectivity index (χ4v) is 0. The molecule has 0 aliphatic heterocycles. The third-order valence-electron chi connectivity index (χ3n) is 0. The summed E-state index contributed by atoms with van der Waals surface area (Å²) in [4.78, 5) is 0. The van der Waals surface area contributed by atoms with E-state index in [2.05, 4.69) is 0 Å². The number of hydrogen-bond acceptors (Lipinski definition) is 0. The first-order chi connectivity index (χ1) is 0. The van der Waals surface area contributed by atoms with Crippen LogP contribution in [0, 0.1) is 0 Å². The van der Waals surface area contributed by atoms with E-state index in [-0.39, 0.29) is 66.3 Å². The largest absolute Gasteiger partial charge is 0.412 e. The molecule has 0 heterocycles. The number of hydrogen-bond donors (Lipinski definition) is 0. The molecule has 0 saturated heterocycles. The van der Waals surface area contributed by atoms with Gasteiger partial charge in [0, 0.05) is 0 Å². The van der Waals surface area contributed by atoms with Crippen LogP contribution in [0.4, 0.5) is 0 Å². The Kier molecular flexibility index (Phi) is 244000000. The third kappa shape index (κ3) is 28600. The molecule has 0 radical (unpaired) electrons. The molecule has 0 aromatic carbocycles. The first kappa shape index (κ1) is 58500. The molecule has 0 aliphatic rings. The average molecular weight is 243 g/mol. The highest BCUT2D eigenvalue weighted by Crippen LogP contribution is 0.846. The van der Waals surface area contributed by atoms with Crippen molar-refractivity contribution in [1.82, 2.24) is 0 Å². The van der Waals surface area contributed by atoms with E-state index in [0.29, 0.717) is 0 Å². The molecule has 0 spiro atoms. The van der Waals surface area contributed by atoms with Gasteiger partial charge in [-0.2, -0.15) is 0 Å². The van der Waals surface area contributed by atoms with Crippen molar-refractivity contribution in [2.75, 3.05) is 0 Å². The second-order valence-corrected chi connectivity index (χ2v) is 0. The summed E-state index contributed by atoms with van der Waals surface area (Å²) in [6.45, 7) is 0. The van der Waals surface area contributed by atoms with Gasteiger partial charge in [-0.25, -0.2) is 0 Å². The van der Waals surface area contributed by atoms with Gasteiger partial charge in [0.15, 0.2) is 0 Å². The molecule has 0 bridgehead atoms. The summed E-state index contributed by atoms with van der Waals surface area (Å²) >= 11 is 0. The Morgan fingerprint density at radius 1 is 0.200 bits per heavy atom. The maximum absolute atomic E-state index is 0. The molecule has 0 rings (SSSR count). The Balaban J connectivity index is 0. The first-order valence-electron chi connectivity index (χ1n) is 0. The van der Waals surface area contributed by atoms with Crippen molar-refractivity contribution in [3.8, 4) is 0 Å². The molecule has 0 saturated carbocycles. The van der Waals surface area contributed by atoms with Gasteiger partial charge >= 0.3 is 0 Å². The van der Waals surface area contributed by atoms with Crippen LogP contribution < -0.4 is 0 Å². The van der Waals surface area contributed by atoms with Crippen molar-refractivity contribution >= 4 is 17.0 Å². The zero-order valence-corrected chi connectivity index (χ0v) is 6.62. The highest BCUT2D eigenvalue weighted by Gasteiger charge is -0.114. The van der Waals surface area contributed by atoms with Crippen molar-refractivity contribution in [2.24, 2.45) is 0 Å². The molecular weight excluding hydrogens is 224 g/mol. The van der Waals surface area contributed by atoms with E-state index < -0.39 is 0 Å². The van der Waals surface area contributed by atoms with E-state index in [4.69, 9.17) is 0 Å². The minimum Gasteiger partial charge on any atom is -0.412 e. The van der Waals surface area contributed by atoms with Crippen LogP contribution in [0.2, 0.25) is 0 Å². The quantitative estimate of drug-likeness (QED) is 0.382. The fourth-order valence-electron chi connectivity index (χ4n) is 0. The normalized spacial score (nSPS) is 0. The van der Waals surface area contributed by atoms with Crippen LogP contribution in [-0.4, -0.2) is 49.3 Å². The lowest BCUT2D eigenvalue weighted by molar-refractivity contribution is 0.823. The van der Waals surface area contributed by atoms with Gasteiger partial charge in [-0.1, -0.05) is 0 Å². The standard InChI is InChI=1S/BrH.9H2O/h1H;9*1H2. The summed E-state index contributed by atoms with van der Waals surface area (Å²) in [5.74, 6) is 0. The smallest absolute Gasteiger partial charge is 0.114 e. The minimum atomic E-state index is 0. The molecular formula is H19BrO9. The van der Waals surface area contributed by atoms with Crippen LogP contribution >= 0.6 is 17.0 Å². The van der Waals surface area contributed by atoms with Gasteiger partial charge in [0.25, 0.3) is 0 Å². The summed E-state index contributed by atoms with van der Waals surface area (Å²) in [5, 5.41) is 0. The zero-order valence-electron chi connectivity index (χ0n) is 4.91. The van der Waals surface area contributed by atoms with Crippen molar-refractivity contribution in [3.05, 3.63) is 0 Å². The van der Waals surface area contributed by atoms with Gasteiger partial charge in [-0.05, 0) is 0 Å². The van der Waals surface area contributed by atoms with Crippen LogP contribution in [0.5, 0.6) is 0 Å². The van der Waals surface area contributed by atoms with Crippen LogP contribution in [0.1, 0.15) is 0 Å². The Hall–Kier alpha value is 0.120. The van der Waals surface area contributed by atoms with Crippen molar-refractivity contribution in [1.29, 1.82) is 0 Å². The van der Waals surface area contributed by atoms with Gasteiger partial charge in [-0.3, -0.25) is 0 Å². The van der Waals surface area contributed by atoms with E-state index in [9.17, 15) is 0 Å². The van der Waals surface area contributed by atoms with Gasteiger partial charge in [0.05, 0.1) is 0 Å². The Labute approximate surface area is 67.2 Å². The highest BCUT2D eigenvalue weighted by atomic mass is 79.9. The van der Waals surface area contributed by atoms with Gasteiger partial charge < -0.3 is 49.3 Å². The molecule has 0 unspecified atom stereocenters. The van der Waals surface area contributed by atoms with Crippen molar-refractivity contribution in [2.45, 2.75) is 0 Å². The SMILES string of the molecule is Br.O.O.O.O.O.O.O.O.O. The Bertz CT molecular complexity index is 4.69. The van der Waals surface area contributed by atoms with E-state index in [1.807, 2.05) is 0 Å². The summed E-state index contributed by atoms with van der Waals surface area (Å²) < 4.78 is 0. The summed E-state index contributed by atoms with van der Waals surface area (Å²) in [6, 6.07) is 0. The lowest BCUT2D eigenvalue weighted by atomic mass is 16.0. The second kappa shape index (κ2) is 41800. The fraction of sp³-hybridized carbons (Fsp3) is 0. The van der Waals surface area contributed by atoms with E-state index in [0.717, 1.165) is 0 Å². The third-order valence-corrected chi connectivity index (χ3v) is 0. The lowest BCUT2D eigenvalue weighted by Gasteiger charge is -0.413. The molecule has 18 N–H and O–H groups in total. The monoisotopic (exact) mass is 242 g/mol. The van der Waals surface area contributed by atoms with Crippen LogP contribution in [0.25, 0.3) is 0 Å². The maximum atomic E-state index is 0. The summed E-state index contributed by atoms with van der Waals surface area (Å²) in [5.41, 5.74) is 0. The molecule has 10 heavy (non-hydrogen) atoms. The first-order valence-corrected chi connectivity index (χ1v) is 0. The Morgan fingerprint density at radius 2 is 0.200 bits per heavy atom. The topological polar surface area (TPSA) is 284 Å². The van der Waals surface area contributed by atoms with Crippen LogP contribution in [-0.2, 0) is 0 Å². The number of rotatable bonds is 0. The highest BCUT2D eigenvalue weighted by molar-refractivity contribution is 8.93. The average Bonchev–Trinajstić information content (AvgIpc) is 0. The molecule has 9 nitrogen and oxygen atoms in total. The van der Waals surface area contributed by atoms with E-state index in [1.165, 1.54) is 0 Å². The molecule has 0 aromatic rings. The van der Waals surface area contributed by atoms with Gasteiger partial charge in [-0.15, -0.1) is 17.0 Å². The minimum absolute atomic E-state index is 0. The van der Waals surface area contributed by atoms with Crippen molar-refractivity contribution < 1.29 is 49.3 Å². The molecule has 0 atom stereocenters. The van der Waals surface area contributed by atoms with Gasteiger partial charge in [0.2, 0.25) is 0 Å².